The molecule has 0 bridgehead atoms. The fourth-order valence-electron chi connectivity index (χ4n) is 0.692. The van der Waals surface area contributed by atoms with Crippen LogP contribution in [0.25, 0.3) is 0 Å². The van der Waals surface area contributed by atoms with Crippen LogP contribution >= 0.6 is 11.6 Å². The van der Waals surface area contributed by atoms with Crippen molar-refractivity contribution in [2.24, 2.45) is 0 Å². The Morgan fingerprint density at radius 2 is 1.80 bits per heavy atom. The Labute approximate surface area is 105 Å². The summed E-state index contributed by atoms with van der Waals surface area (Å²) in [6, 6.07) is 5.41. The predicted octanol–water partition coefficient (Wildman–Crippen LogP) is 2.29. The molecule has 0 aliphatic rings. The maximum absolute atomic E-state index is 10.0. The average molecular weight is 277 g/mol. The average Bonchev–Trinajstić information content (AvgIpc) is 2.03. The summed E-state index contributed by atoms with van der Waals surface area (Å²) < 4.78 is 0. The van der Waals surface area contributed by atoms with Crippen molar-refractivity contribution in [2.45, 2.75) is 20.3 Å². The van der Waals surface area contributed by atoms with E-state index in [-0.39, 0.29) is 35.1 Å². The van der Waals surface area contributed by atoms with Crippen molar-refractivity contribution in [2.75, 3.05) is 0 Å². The first-order valence-corrected chi connectivity index (χ1v) is 4.45. The van der Waals surface area contributed by atoms with Gasteiger partial charge in [-0.15, -0.1) is 0 Å². The van der Waals surface area contributed by atoms with Crippen molar-refractivity contribution in [1.29, 1.82) is 0 Å². The molecular weight excluding hydrogens is 265 g/mol. The predicted molar refractivity (Wildman–Crippen MR) is 55.2 cm³/mol. The maximum atomic E-state index is 10.0. The smallest absolute Gasteiger partial charge is 0.137 e. The van der Waals surface area contributed by atoms with E-state index < -0.39 is 0 Å². The summed E-state index contributed by atoms with van der Waals surface area (Å²) in [5.74, 6) is -0.125. The summed E-state index contributed by atoms with van der Waals surface area (Å²) in [4.78, 5) is 23.8. The molecule has 15 heavy (non-hydrogen) atoms. The summed E-state index contributed by atoms with van der Waals surface area (Å²) in [6.45, 7) is 2.81. The zero-order chi connectivity index (χ0) is 11.0. The molecule has 0 aliphatic heterocycles. The number of hydrogen-bond donors (Lipinski definition) is 0. The Balaban J connectivity index is 0. The van der Waals surface area contributed by atoms with E-state index in [1.54, 1.807) is 12.3 Å². The molecule has 0 N–H and O–H groups in total. The third-order valence-electron chi connectivity index (χ3n) is 1.13. The van der Waals surface area contributed by atoms with Gasteiger partial charge in [0, 0.05) is 23.3 Å². The van der Waals surface area contributed by atoms with Crippen LogP contribution in [-0.2, 0) is 26.7 Å². The molecule has 87 valence electrons. The maximum Gasteiger partial charge on any atom is 0.137 e. The third-order valence-corrected chi connectivity index (χ3v) is 1.35. The van der Waals surface area contributed by atoms with Crippen LogP contribution in [0.5, 0.6) is 0 Å². The van der Waals surface area contributed by atoms with Gasteiger partial charge in [0.1, 0.15) is 16.7 Å². The number of pyridine rings is 1. The molecular formula is C10H12ClCuNO2. The van der Waals surface area contributed by atoms with E-state index in [1.807, 2.05) is 12.1 Å². The second kappa shape index (κ2) is 9.84. The summed E-state index contributed by atoms with van der Waals surface area (Å²) in [6.07, 6.45) is 1.74. The standard InChI is InChI=1S/C5H4ClN.C5H8O2.Cu/c6-5-3-1-2-4-7-5;1-4(6)3-5(2)7;/h1-4H;3H2,1-2H3;. The summed E-state index contributed by atoms with van der Waals surface area (Å²) in [7, 11) is 0. The molecule has 5 heteroatoms. The minimum Gasteiger partial charge on any atom is -0.300 e. The van der Waals surface area contributed by atoms with E-state index in [0.717, 1.165) is 0 Å². The van der Waals surface area contributed by atoms with Crippen LogP contribution in [0.4, 0.5) is 0 Å². The molecule has 1 aromatic heterocycles. The molecule has 0 spiro atoms. The first-order chi connectivity index (χ1) is 6.52. The number of carbonyl (C=O) groups excluding carboxylic acids is 2. The molecule has 0 saturated heterocycles. The molecule has 0 atom stereocenters. The Hall–Kier alpha value is -0.701. The number of hydrogen-bond acceptors (Lipinski definition) is 3. The fourth-order valence-corrected chi connectivity index (χ4v) is 0.822. The van der Waals surface area contributed by atoms with E-state index >= 15 is 0 Å². The number of halogens is 1. The molecule has 1 heterocycles. The number of carbonyl (C=O) groups is 2. The van der Waals surface area contributed by atoms with E-state index in [0.29, 0.717) is 5.15 Å². The molecule has 0 aliphatic carbocycles. The van der Waals surface area contributed by atoms with Crippen molar-refractivity contribution >= 4 is 23.2 Å². The third kappa shape index (κ3) is 13.3. The van der Waals surface area contributed by atoms with Crippen LogP contribution in [0.1, 0.15) is 20.3 Å². The van der Waals surface area contributed by atoms with Gasteiger partial charge in [-0.3, -0.25) is 9.59 Å². The largest absolute Gasteiger partial charge is 0.300 e. The molecule has 0 fully saturated rings. The van der Waals surface area contributed by atoms with Gasteiger partial charge in [-0.05, 0) is 26.0 Å². The van der Waals surface area contributed by atoms with E-state index in [9.17, 15) is 9.59 Å². The number of ketones is 2. The topological polar surface area (TPSA) is 47.0 Å². The second-order valence-electron chi connectivity index (χ2n) is 2.73. The van der Waals surface area contributed by atoms with Crippen LogP contribution in [0, 0.1) is 0 Å². The monoisotopic (exact) mass is 276 g/mol. The van der Waals surface area contributed by atoms with Gasteiger partial charge in [0.2, 0.25) is 0 Å². The Morgan fingerprint density at radius 3 is 1.93 bits per heavy atom. The van der Waals surface area contributed by atoms with E-state index in [2.05, 4.69) is 4.98 Å². The van der Waals surface area contributed by atoms with Crippen molar-refractivity contribution in [3.63, 3.8) is 0 Å². The fraction of sp³-hybridized carbons (Fsp3) is 0.300. The van der Waals surface area contributed by atoms with Gasteiger partial charge in [0.25, 0.3) is 0 Å². The second-order valence-corrected chi connectivity index (χ2v) is 3.12. The van der Waals surface area contributed by atoms with Crippen molar-refractivity contribution in [1.82, 2.24) is 4.98 Å². The Morgan fingerprint density at radius 1 is 1.27 bits per heavy atom. The first kappa shape index (κ1) is 16.7. The Bertz CT molecular complexity index is 292. The van der Waals surface area contributed by atoms with Gasteiger partial charge in [-0.2, -0.15) is 0 Å². The van der Waals surface area contributed by atoms with Crippen LogP contribution in [0.2, 0.25) is 5.15 Å². The summed E-state index contributed by atoms with van der Waals surface area (Å²) in [5.41, 5.74) is 0. The van der Waals surface area contributed by atoms with Crippen LogP contribution in [0.3, 0.4) is 0 Å². The molecule has 3 nitrogen and oxygen atoms in total. The number of aromatic nitrogens is 1. The molecule has 0 unspecified atom stereocenters. The summed E-state index contributed by atoms with van der Waals surface area (Å²) >= 11 is 5.43. The molecule has 1 rings (SSSR count). The van der Waals surface area contributed by atoms with Gasteiger partial charge >= 0.3 is 0 Å². The van der Waals surface area contributed by atoms with Gasteiger partial charge in [0.15, 0.2) is 0 Å². The Kier molecular flexibility index (Phi) is 11.0. The van der Waals surface area contributed by atoms with Crippen LogP contribution in [-0.4, -0.2) is 16.6 Å². The van der Waals surface area contributed by atoms with Gasteiger partial charge in [-0.1, -0.05) is 17.7 Å². The minimum absolute atomic E-state index is 0. The van der Waals surface area contributed by atoms with Gasteiger partial charge in [-0.25, -0.2) is 4.98 Å². The molecule has 1 aromatic rings. The normalized spacial score (nSPS) is 7.93. The number of Topliss-reactive ketones (excluding diaryl/α,β-unsaturated/α-hetero) is 2. The van der Waals surface area contributed by atoms with E-state index in [1.165, 1.54) is 13.8 Å². The zero-order valence-electron chi connectivity index (χ0n) is 8.46. The molecule has 0 amide bonds. The number of nitrogens with zero attached hydrogens (tertiary/aromatic N) is 1. The van der Waals surface area contributed by atoms with Crippen LogP contribution < -0.4 is 0 Å². The first-order valence-electron chi connectivity index (χ1n) is 4.07. The van der Waals surface area contributed by atoms with Crippen molar-refractivity contribution in [3.8, 4) is 0 Å². The molecule has 0 aromatic carbocycles. The quantitative estimate of drug-likeness (QED) is 0.473. The van der Waals surface area contributed by atoms with E-state index in [4.69, 9.17) is 11.6 Å². The minimum atomic E-state index is -0.0625. The van der Waals surface area contributed by atoms with Crippen LogP contribution in [0.15, 0.2) is 24.4 Å². The molecule has 0 saturated carbocycles. The summed E-state index contributed by atoms with van der Waals surface area (Å²) in [5, 5.41) is 0.544. The number of rotatable bonds is 2. The zero-order valence-corrected chi connectivity index (χ0v) is 10.2. The SMILES string of the molecule is CC(=O)CC(C)=O.Clc1ccccn1.[Cu]. The molecule has 1 radical (unpaired) electrons. The van der Waals surface area contributed by atoms with Gasteiger partial charge in [0.05, 0.1) is 6.42 Å². The van der Waals surface area contributed by atoms with Crippen molar-refractivity contribution < 1.29 is 26.7 Å². The van der Waals surface area contributed by atoms with Gasteiger partial charge < -0.3 is 0 Å². The van der Waals surface area contributed by atoms with Crippen molar-refractivity contribution in [3.05, 3.63) is 29.5 Å².